The van der Waals surface area contributed by atoms with Crippen LogP contribution >= 0.6 is 27.3 Å². The number of hydrogen-bond donors (Lipinski definition) is 1. The molecule has 0 aliphatic carbocycles. The van der Waals surface area contributed by atoms with E-state index < -0.39 is 5.60 Å². The molecule has 6 heteroatoms. The van der Waals surface area contributed by atoms with Gasteiger partial charge in [0.15, 0.2) is 0 Å². The van der Waals surface area contributed by atoms with E-state index in [-0.39, 0.29) is 6.09 Å². The van der Waals surface area contributed by atoms with E-state index in [1.54, 1.807) is 16.2 Å². The van der Waals surface area contributed by atoms with E-state index in [1.807, 2.05) is 26.8 Å². The van der Waals surface area contributed by atoms with Gasteiger partial charge in [-0.25, -0.2) is 4.79 Å². The van der Waals surface area contributed by atoms with Gasteiger partial charge in [-0.3, -0.25) is 0 Å². The van der Waals surface area contributed by atoms with Crippen molar-refractivity contribution in [2.75, 3.05) is 19.6 Å². The second-order valence-corrected chi connectivity index (χ2v) is 8.40. The smallest absolute Gasteiger partial charge is 0.410 e. The molecular weight excluding hydrogens is 352 g/mol. The van der Waals surface area contributed by atoms with Gasteiger partial charge in [-0.05, 0) is 55.3 Å². The summed E-state index contributed by atoms with van der Waals surface area (Å²) in [5, 5.41) is 3.36. The monoisotopic (exact) mass is 376 g/mol. The fraction of sp³-hybridized carbons (Fsp3) is 0.667. The molecule has 0 radical (unpaired) electrons. The number of nitrogens with one attached hydrogen (secondary N) is 1. The SMILES string of the molecule is CCCN(CCNCc1ccc(Br)s1)C(=O)OC(C)(C)C. The first-order valence-corrected chi connectivity index (χ1v) is 8.85. The molecule has 0 bridgehead atoms. The maximum Gasteiger partial charge on any atom is 0.410 e. The predicted molar refractivity (Wildman–Crippen MR) is 91.8 cm³/mol. The fourth-order valence-corrected chi connectivity index (χ4v) is 3.22. The third-order valence-corrected chi connectivity index (χ3v) is 4.26. The van der Waals surface area contributed by atoms with Crippen molar-refractivity contribution in [1.29, 1.82) is 0 Å². The van der Waals surface area contributed by atoms with Gasteiger partial charge in [0.2, 0.25) is 0 Å². The number of halogens is 1. The third kappa shape index (κ3) is 7.83. The number of thiophene rings is 1. The van der Waals surface area contributed by atoms with Crippen LogP contribution in [0.15, 0.2) is 15.9 Å². The highest BCUT2D eigenvalue weighted by molar-refractivity contribution is 9.11. The van der Waals surface area contributed by atoms with Crippen molar-refractivity contribution in [3.8, 4) is 0 Å². The fourth-order valence-electron chi connectivity index (χ4n) is 1.76. The lowest BCUT2D eigenvalue weighted by Gasteiger charge is -2.27. The Hall–Kier alpha value is -0.590. The molecule has 0 aromatic carbocycles. The molecule has 0 saturated heterocycles. The normalized spacial score (nSPS) is 11.5. The number of hydrogen-bond acceptors (Lipinski definition) is 4. The van der Waals surface area contributed by atoms with Crippen molar-refractivity contribution in [3.63, 3.8) is 0 Å². The zero-order valence-corrected chi connectivity index (χ0v) is 15.6. The summed E-state index contributed by atoms with van der Waals surface area (Å²) in [7, 11) is 0. The summed E-state index contributed by atoms with van der Waals surface area (Å²) in [6.07, 6.45) is 0.696. The molecule has 1 aromatic heterocycles. The van der Waals surface area contributed by atoms with Crippen LogP contribution in [0.4, 0.5) is 4.79 Å². The van der Waals surface area contributed by atoms with Crippen molar-refractivity contribution < 1.29 is 9.53 Å². The Morgan fingerprint density at radius 3 is 2.62 bits per heavy atom. The second-order valence-electron chi connectivity index (χ2n) is 5.85. The highest BCUT2D eigenvalue weighted by Crippen LogP contribution is 2.21. The van der Waals surface area contributed by atoms with Crippen LogP contribution in [0.1, 0.15) is 39.0 Å². The van der Waals surface area contributed by atoms with Crippen LogP contribution in [0.5, 0.6) is 0 Å². The molecule has 1 heterocycles. The molecule has 1 N–H and O–H groups in total. The lowest BCUT2D eigenvalue weighted by molar-refractivity contribution is 0.0252. The van der Waals surface area contributed by atoms with Crippen LogP contribution in [-0.4, -0.2) is 36.2 Å². The summed E-state index contributed by atoms with van der Waals surface area (Å²) >= 11 is 5.17. The van der Waals surface area contributed by atoms with Gasteiger partial charge in [-0.1, -0.05) is 6.92 Å². The van der Waals surface area contributed by atoms with Crippen molar-refractivity contribution in [3.05, 3.63) is 20.8 Å². The first-order chi connectivity index (χ1) is 9.81. The molecule has 0 atom stereocenters. The molecule has 4 nitrogen and oxygen atoms in total. The Morgan fingerprint density at radius 2 is 2.10 bits per heavy atom. The van der Waals surface area contributed by atoms with Crippen LogP contribution in [0.2, 0.25) is 0 Å². The Morgan fingerprint density at radius 1 is 1.38 bits per heavy atom. The highest BCUT2D eigenvalue weighted by atomic mass is 79.9. The van der Waals surface area contributed by atoms with Crippen LogP contribution in [-0.2, 0) is 11.3 Å². The first-order valence-electron chi connectivity index (χ1n) is 7.24. The van der Waals surface area contributed by atoms with Gasteiger partial charge in [-0.15, -0.1) is 11.3 Å². The number of ether oxygens (including phenoxy) is 1. The summed E-state index contributed by atoms with van der Waals surface area (Å²) in [6.45, 7) is 10.7. The van der Waals surface area contributed by atoms with Crippen LogP contribution in [0, 0.1) is 0 Å². The van der Waals surface area contributed by atoms with Gasteiger partial charge in [0.05, 0.1) is 3.79 Å². The molecule has 0 fully saturated rings. The van der Waals surface area contributed by atoms with Crippen LogP contribution in [0.25, 0.3) is 0 Å². The van der Waals surface area contributed by atoms with Crippen molar-refractivity contribution in [2.45, 2.75) is 46.3 Å². The van der Waals surface area contributed by atoms with Gasteiger partial charge >= 0.3 is 6.09 Å². The number of amides is 1. The van der Waals surface area contributed by atoms with Crippen LogP contribution in [0.3, 0.4) is 0 Å². The number of nitrogens with zero attached hydrogens (tertiary/aromatic N) is 1. The molecule has 0 unspecified atom stereocenters. The summed E-state index contributed by atoms with van der Waals surface area (Å²) < 4.78 is 6.57. The second kappa shape index (κ2) is 8.76. The van der Waals surface area contributed by atoms with Crippen molar-refractivity contribution in [2.24, 2.45) is 0 Å². The van der Waals surface area contributed by atoms with E-state index in [1.165, 1.54) is 4.88 Å². The van der Waals surface area contributed by atoms with E-state index in [4.69, 9.17) is 4.74 Å². The molecule has 1 aromatic rings. The van der Waals surface area contributed by atoms with Crippen LogP contribution < -0.4 is 5.32 Å². The lowest BCUT2D eigenvalue weighted by Crippen LogP contribution is -2.40. The molecule has 0 aliphatic rings. The quantitative estimate of drug-likeness (QED) is 0.723. The van der Waals surface area contributed by atoms with E-state index in [2.05, 4.69) is 34.2 Å². The van der Waals surface area contributed by atoms with E-state index >= 15 is 0 Å². The summed E-state index contributed by atoms with van der Waals surface area (Å²) in [5.74, 6) is 0. The van der Waals surface area contributed by atoms with Gasteiger partial charge < -0.3 is 15.0 Å². The van der Waals surface area contributed by atoms with Gasteiger partial charge in [0.25, 0.3) is 0 Å². The van der Waals surface area contributed by atoms with E-state index in [0.29, 0.717) is 6.54 Å². The minimum Gasteiger partial charge on any atom is -0.444 e. The molecule has 0 saturated carbocycles. The minimum absolute atomic E-state index is 0.231. The van der Waals surface area contributed by atoms with Gasteiger partial charge in [-0.2, -0.15) is 0 Å². The zero-order valence-electron chi connectivity index (χ0n) is 13.2. The average molecular weight is 377 g/mol. The molecule has 120 valence electrons. The van der Waals surface area contributed by atoms with Crippen molar-refractivity contribution >= 4 is 33.4 Å². The molecule has 21 heavy (non-hydrogen) atoms. The average Bonchev–Trinajstić information content (AvgIpc) is 2.77. The summed E-state index contributed by atoms with van der Waals surface area (Å²) in [5.41, 5.74) is -0.445. The standard InChI is InChI=1S/C15H25BrN2O2S/c1-5-9-18(14(19)20-15(2,3)4)10-8-17-11-12-6-7-13(16)21-12/h6-7,17H,5,8-11H2,1-4H3. The summed E-state index contributed by atoms with van der Waals surface area (Å²) in [6, 6.07) is 4.14. The maximum absolute atomic E-state index is 12.1. The Bertz CT molecular complexity index is 443. The molecule has 0 spiro atoms. The van der Waals surface area contributed by atoms with E-state index in [9.17, 15) is 4.79 Å². The molecule has 1 amide bonds. The molecular formula is C15H25BrN2O2S. The largest absolute Gasteiger partial charge is 0.444 e. The third-order valence-electron chi connectivity index (χ3n) is 2.63. The Kier molecular flexibility index (Phi) is 7.70. The molecule has 0 aliphatic heterocycles. The number of carbonyl (C=O) groups excluding carboxylic acids is 1. The van der Waals surface area contributed by atoms with Gasteiger partial charge in [0, 0.05) is 31.1 Å². The highest BCUT2D eigenvalue weighted by Gasteiger charge is 2.21. The Labute approximate surface area is 140 Å². The molecule has 1 rings (SSSR count). The summed E-state index contributed by atoms with van der Waals surface area (Å²) in [4.78, 5) is 15.1. The number of carbonyl (C=O) groups is 1. The van der Waals surface area contributed by atoms with E-state index in [0.717, 1.165) is 29.8 Å². The lowest BCUT2D eigenvalue weighted by atomic mass is 10.2. The maximum atomic E-state index is 12.1. The number of rotatable bonds is 7. The first kappa shape index (κ1) is 18.5. The minimum atomic E-state index is -0.445. The van der Waals surface area contributed by atoms with Crippen molar-refractivity contribution in [1.82, 2.24) is 10.2 Å². The predicted octanol–water partition coefficient (Wildman–Crippen LogP) is 4.25. The van der Waals surface area contributed by atoms with Gasteiger partial charge in [0.1, 0.15) is 5.60 Å². The topological polar surface area (TPSA) is 41.6 Å². The zero-order chi connectivity index (χ0) is 15.9. The Balaban J connectivity index is 2.35.